The van der Waals surface area contributed by atoms with Crippen molar-refractivity contribution in [3.63, 3.8) is 0 Å². The molecular weight excluding hydrogens is 421 g/mol. The fourth-order valence-corrected chi connectivity index (χ4v) is 4.65. The summed E-state index contributed by atoms with van der Waals surface area (Å²) in [5.41, 5.74) is 3.83. The van der Waals surface area contributed by atoms with Gasteiger partial charge >= 0.3 is 0 Å². The first-order valence-electron chi connectivity index (χ1n) is 9.03. The largest absolute Gasteiger partial charge is 0.294 e. The van der Waals surface area contributed by atoms with E-state index in [2.05, 4.69) is 38.8 Å². The molecule has 0 atom stereocenters. The van der Waals surface area contributed by atoms with Crippen molar-refractivity contribution in [2.75, 3.05) is 6.26 Å². The van der Waals surface area contributed by atoms with Gasteiger partial charge in [0.25, 0.3) is 0 Å². The van der Waals surface area contributed by atoms with Crippen molar-refractivity contribution >= 4 is 56.8 Å². The summed E-state index contributed by atoms with van der Waals surface area (Å²) in [6.45, 7) is 0. The van der Waals surface area contributed by atoms with Crippen LogP contribution in [-0.4, -0.2) is 20.8 Å². The second-order valence-electron chi connectivity index (χ2n) is 6.59. The number of nitrogens with zero attached hydrogens (tertiary/aromatic N) is 3. The molecule has 0 aliphatic rings. The third-order valence-corrected chi connectivity index (χ3v) is 6.13. The van der Waals surface area contributed by atoms with Gasteiger partial charge in [-0.1, -0.05) is 48.0 Å². The molecule has 0 unspecified atom stereocenters. The molecule has 2 aromatic heterocycles. The summed E-state index contributed by atoms with van der Waals surface area (Å²) in [5.74, 6) is 0.726. The van der Waals surface area contributed by atoms with Crippen molar-refractivity contribution in [3.8, 4) is 17.1 Å². The summed E-state index contributed by atoms with van der Waals surface area (Å²) in [5, 5.41) is 3.20. The number of para-hydroxylation sites is 2. The Morgan fingerprint density at radius 2 is 1.45 bits per heavy atom. The summed E-state index contributed by atoms with van der Waals surface area (Å²) in [7, 11) is 0. The number of rotatable bonds is 3. The van der Waals surface area contributed by atoms with Gasteiger partial charge in [0, 0.05) is 32.3 Å². The van der Waals surface area contributed by atoms with Crippen LogP contribution < -0.4 is 0 Å². The van der Waals surface area contributed by atoms with E-state index in [1.165, 1.54) is 10.8 Å². The van der Waals surface area contributed by atoms with Gasteiger partial charge in [0.05, 0.1) is 16.7 Å². The molecule has 3 nitrogen and oxygen atoms in total. The lowest BCUT2D eigenvalue weighted by atomic mass is 10.1. The molecular formula is C23H15Cl2N3S. The van der Waals surface area contributed by atoms with E-state index in [0.29, 0.717) is 5.02 Å². The zero-order valence-corrected chi connectivity index (χ0v) is 17.8. The van der Waals surface area contributed by atoms with E-state index in [0.717, 1.165) is 33.0 Å². The Kier molecular flexibility index (Phi) is 4.70. The summed E-state index contributed by atoms with van der Waals surface area (Å²) < 4.78 is 2.13. The molecule has 6 heteroatoms. The maximum atomic E-state index is 6.38. The van der Waals surface area contributed by atoms with Crippen LogP contribution in [0.3, 0.4) is 0 Å². The maximum absolute atomic E-state index is 6.38. The van der Waals surface area contributed by atoms with Crippen LogP contribution in [0.1, 0.15) is 0 Å². The van der Waals surface area contributed by atoms with Crippen LogP contribution in [-0.2, 0) is 0 Å². The number of halogens is 2. The van der Waals surface area contributed by atoms with E-state index >= 15 is 0 Å². The molecule has 0 amide bonds. The molecule has 0 radical (unpaired) electrons. The normalized spacial score (nSPS) is 11.4. The quantitative estimate of drug-likeness (QED) is 0.220. The summed E-state index contributed by atoms with van der Waals surface area (Å²) in [6.07, 6.45) is 2.03. The van der Waals surface area contributed by atoms with Gasteiger partial charge in [-0.15, -0.1) is 11.8 Å². The van der Waals surface area contributed by atoms with Gasteiger partial charge < -0.3 is 0 Å². The Bertz CT molecular complexity index is 1320. The van der Waals surface area contributed by atoms with Gasteiger partial charge in [-0.25, -0.2) is 4.98 Å². The number of hydrogen-bond donors (Lipinski definition) is 0. The summed E-state index contributed by atoms with van der Waals surface area (Å²) >= 11 is 14.3. The second-order valence-corrected chi connectivity index (χ2v) is 8.22. The SMILES string of the molecule is CSc1ccc(Cl)cc1-c1cc(-n2c3ccccc3c3ccccc32)nc(Cl)n1. The van der Waals surface area contributed by atoms with E-state index < -0.39 is 0 Å². The number of fused-ring (bicyclic) bond motifs is 3. The molecule has 2 heterocycles. The second kappa shape index (κ2) is 7.38. The Morgan fingerprint density at radius 3 is 2.10 bits per heavy atom. The van der Waals surface area contributed by atoms with E-state index in [-0.39, 0.29) is 5.28 Å². The minimum Gasteiger partial charge on any atom is -0.294 e. The van der Waals surface area contributed by atoms with Crippen LogP contribution in [0.15, 0.2) is 77.7 Å². The van der Waals surface area contributed by atoms with Crippen LogP contribution in [0, 0.1) is 0 Å². The molecule has 0 spiro atoms. The van der Waals surface area contributed by atoms with Crippen molar-refractivity contribution in [1.82, 2.24) is 14.5 Å². The van der Waals surface area contributed by atoms with Crippen LogP contribution >= 0.6 is 35.0 Å². The van der Waals surface area contributed by atoms with Gasteiger partial charge in [0.2, 0.25) is 5.28 Å². The van der Waals surface area contributed by atoms with Gasteiger partial charge in [0.1, 0.15) is 5.82 Å². The molecule has 0 saturated carbocycles. The average Bonchev–Trinajstić information content (AvgIpc) is 3.08. The first-order chi connectivity index (χ1) is 14.2. The highest BCUT2D eigenvalue weighted by Crippen LogP contribution is 2.35. The molecule has 0 fully saturated rings. The van der Waals surface area contributed by atoms with Crippen LogP contribution in [0.4, 0.5) is 0 Å². The third-order valence-electron chi connectivity index (χ3n) is 4.93. The van der Waals surface area contributed by atoms with Gasteiger partial charge in [0.15, 0.2) is 0 Å². The highest BCUT2D eigenvalue weighted by atomic mass is 35.5. The highest BCUT2D eigenvalue weighted by Gasteiger charge is 2.16. The fraction of sp³-hybridized carbons (Fsp3) is 0.0435. The lowest BCUT2D eigenvalue weighted by molar-refractivity contribution is 1.04. The van der Waals surface area contributed by atoms with Gasteiger partial charge in [-0.05, 0) is 48.2 Å². The van der Waals surface area contributed by atoms with Crippen LogP contribution in [0.25, 0.3) is 38.9 Å². The van der Waals surface area contributed by atoms with Crippen molar-refractivity contribution in [2.24, 2.45) is 0 Å². The third kappa shape index (κ3) is 3.18. The van der Waals surface area contributed by atoms with E-state index in [1.807, 2.05) is 54.8 Å². The zero-order valence-electron chi connectivity index (χ0n) is 15.4. The van der Waals surface area contributed by atoms with E-state index in [4.69, 9.17) is 23.2 Å². The van der Waals surface area contributed by atoms with Crippen molar-refractivity contribution in [2.45, 2.75) is 4.90 Å². The molecule has 0 aliphatic carbocycles. The Morgan fingerprint density at radius 1 is 0.793 bits per heavy atom. The molecule has 0 N–H and O–H groups in total. The van der Waals surface area contributed by atoms with Crippen molar-refractivity contribution < 1.29 is 0 Å². The Labute approximate surface area is 182 Å². The molecule has 29 heavy (non-hydrogen) atoms. The molecule has 3 aromatic carbocycles. The smallest absolute Gasteiger partial charge is 0.224 e. The number of thioether (sulfide) groups is 1. The van der Waals surface area contributed by atoms with Gasteiger partial charge in [-0.3, -0.25) is 4.57 Å². The molecule has 0 saturated heterocycles. The molecule has 0 aliphatic heterocycles. The lowest BCUT2D eigenvalue weighted by Crippen LogP contribution is -2.00. The average molecular weight is 436 g/mol. The topological polar surface area (TPSA) is 30.7 Å². The Hall–Kier alpha value is -2.53. The van der Waals surface area contributed by atoms with Crippen molar-refractivity contribution in [1.29, 1.82) is 0 Å². The standard InChI is InChI=1S/C23H15Cl2N3S/c1-29-21-11-10-14(24)12-17(21)18-13-22(27-23(25)26-18)28-19-8-4-2-6-15(19)16-7-3-5-9-20(16)28/h2-13H,1H3. The summed E-state index contributed by atoms with van der Waals surface area (Å²) in [6, 6.07) is 24.4. The van der Waals surface area contributed by atoms with Crippen molar-refractivity contribution in [3.05, 3.63) is 83.1 Å². The van der Waals surface area contributed by atoms with Gasteiger partial charge in [-0.2, -0.15) is 4.98 Å². The Balaban J connectivity index is 1.82. The van der Waals surface area contributed by atoms with Crippen LogP contribution in [0.5, 0.6) is 0 Å². The predicted octanol–water partition coefficient (Wildman–Crippen LogP) is 7.27. The van der Waals surface area contributed by atoms with Crippen LogP contribution in [0.2, 0.25) is 10.3 Å². The summed E-state index contributed by atoms with van der Waals surface area (Å²) in [4.78, 5) is 10.1. The first kappa shape index (κ1) is 18.5. The zero-order chi connectivity index (χ0) is 20.0. The van der Waals surface area contributed by atoms with E-state index in [9.17, 15) is 0 Å². The number of aromatic nitrogens is 3. The first-order valence-corrected chi connectivity index (χ1v) is 11.0. The predicted molar refractivity (Wildman–Crippen MR) is 124 cm³/mol. The molecule has 0 bridgehead atoms. The number of benzene rings is 3. The monoisotopic (exact) mass is 435 g/mol. The fourth-order valence-electron chi connectivity index (χ4n) is 3.71. The lowest BCUT2D eigenvalue weighted by Gasteiger charge is -2.11. The van der Waals surface area contributed by atoms with E-state index in [1.54, 1.807) is 11.8 Å². The minimum atomic E-state index is 0.200. The molecule has 142 valence electrons. The molecule has 5 aromatic rings. The minimum absolute atomic E-state index is 0.200. The number of hydrogen-bond acceptors (Lipinski definition) is 3. The highest BCUT2D eigenvalue weighted by molar-refractivity contribution is 7.98. The maximum Gasteiger partial charge on any atom is 0.224 e. The molecule has 5 rings (SSSR count).